The van der Waals surface area contributed by atoms with Gasteiger partial charge in [-0.1, -0.05) is 27.7 Å². The summed E-state index contributed by atoms with van der Waals surface area (Å²) in [6, 6.07) is 0.543. The molecule has 0 aliphatic carbocycles. The van der Waals surface area contributed by atoms with E-state index < -0.39 is 0 Å². The molecule has 0 bridgehead atoms. The van der Waals surface area contributed by atoms with Gasteiger partial charge in [0.25, 0.3) is 0 Å². The first-order valence-electron chi connectivity index (χ1n) is 5.10. The van der Waals surface area contributed by atoms with Crippen LogP contribution in [0.15, 0.2) is 0 Å². The maximum Gasteiger partial charge on any atom is 0.0468 e. The van der Waals surface area contributed by atoms with Gasteiger partial charge in [0.05, 0.1) is 0 Å². The molecular formula is C11H25NO. The Morgan fingerprint density at radius 2 is 1.69 bits per heavy atom. The molecule has 0 aliphatic rings. The quantitative estimate of drug-likeness (QED) is 0.727. The van der Waals surface area contributed by atoms with E-state index in [0.29, 0.717) is 17.4 Å². The van der Waals surface area contributed by atoms with Gasteiger partial charge in [0.1, 0.15) is 0 Å². The first-order valence-corrected chi connectivity index (χ1v) is 5.10. The molecule has 2 heteroatoms. The second kappa shape index (κ2) is 4.97. The third kappa shape index (κ3) is 4.63. The average Bonchev–Trinajstić information content (AvgIpc) is 2.01. The molecule has 0 spiro atoms. The van der Waals surface area contributed by atoms with Crippen molar-refractivity contribution in [2.24, 2.45) is 11.3 Å². The van der Waals surface area contributed by atoms with Gasteiger partial charge < -0.3 is 10.0 Å². The molecule has 80 valence electrons. The fourth-order valence-electron chi connectivity index (χ4n) is 1.37. The molecule has 2 atom stereocenters. The van der Waals surface area contributed by atoms with Crippen molar-refractivity contribution in [2.45, 2.75) is 40.7 Å². The lowest BCUT2D eigenvalue weighted by molar-refractivity contribution is 0.107. The Bertz CT molecular complexity index is 140. The maximum atomic E-state index is 8.94. The van der Waals surface area contributed by atoms with Gasteiger partial charge in [0, 0.05) is 19.2 Å². The van der Waals surface area contributed by atoms with Crippen molar-refractivity contribution in [1.29, 1.82) is 0 Å². The van der Waals surface area contributed by atoms with E-state index in [0.717, 1.165) is 6.54 Å². The number of aliphatic hydroxyl groups excluding tert-OH is 1. The average molecular weight is 187 g/mol. The van der Waals surface area contributed by atoms with Crippen LogP contribution in [0.1, 0.15) is 34.6 Å². The van der Waals surface area contributed by atoms with Crippen LogP contribution >= 0.6 is 0 Å². The molecule has 0 rings (SSSR count). The lowest BCUT2D eigenvalue weighted by atomic mass is 9.87. The number of aliphatic hydroxyl groups is 1. The zero-order valence-electron chi connectivity index (χ0n) is 9.96. The summed E-state index contributed by atoms with van der Waals surface area (Å²) in [5, 5.41) is 8.94. The Labute approximate surface area is 82.9 Å². The van der Waals surface area contributed by atoms with Gasteiger partial charge >= 0.3 is 0 Å². The molecule has 13 heavy (non-hydrogen) atoms. The first-order chi connectivity index (χ1) is 5.79. The van der Waals surface area contributed by atoms with Crippen molar-refractivity contribution in [2.75, 3.05) is 20.2 Å². The van der Waals surface area contributed by atoms with Crippen LogP contribution in [0.5, 0.6) is 0 Å². The standard InChI is InChI=1S/C11H25NO/c1-9(8-13)7-12(6)10(2)11(3,4)5/h9-10,13H,7-8H2,1-6H3. The van der Waals surface area contributed by atoms with Gasteiger partial charge in [-0.05, 0) is 25.3 Å². The molecule has 0 amide bonds. The zero-order valence-corrected chi connectivity index (χ0v) is 9.96. The normalized spacial score (nSPS) is 17.5. The van der Waals surface area contributed by atoms with Crippen LogP contribution in [0.3, 0.4) is 0 Å². The molecular weight excluding hydrogens is 162 g/mol. The van der Waals surface area contributed by atoms with E-state index in [-0.39, 0.29) is 6.61 Å². The second-order valence-electron chi connectivity index (χ2n) is 5.27. The van der Waals surface area contributed by atoms with E-state index in [1.165, 1.54) is 0 Å². The molecule has 1 N–H and O–H groups in total. The minimum absolute atomic E-state index is 0.279. The van der Waals surface area contributed by atoms with Crippen LogP contribution in [0.2, 0.25) is 0 Å². The van der Waals surface area contributed by atoms with Crippen LogP contribution in [-0.4, -0.2) is 36.2 Å². The minimum Gasteiger partial charge on any atom is -0.396 e. The van der Waals surface area contributed by atoms with Crippen molar-refractivity contribution < 1.29 is 5.11 Å². The lowest BCUT2D eigenvalue weighted by Gasteiger charge is -2.36. The van der Waals surface area contributed by atoms with Crippen molar-refractivity contribution in [1.82, 2.24) is 4.90 Å². The summed E-state index contributed by atoms with van der Waals surface area (Å²) < 4.78 is 0. The van der Waals surface area contributed by atoms with Crippen LogP contribution in [-0.2, 0) is 0 Å². The van der Waals surface area contributed by atoms with Gasteiger partial charge in [-0.15, -0.1) is 0 Å². The molecule has 0 saturated heterocycles. The number of nitrogens with zero attached hydrogens (tertiary/aromatic N) is 1. The molecule has 0 heterocycles. The van der Waals surface area contributed by atoms with Gasteiger partial charge in [0.2, 0.25) is 0 Å². The monoisotopic (exact) mass is 187 g/mol. The fourth-order valence-corrected chi connectivity index (χ4v) is 1.37. The molecule has 0 aromatic rings. The van der Waals surface area contributed by atoms with Crippen LogP contribution in [0.25, 0.3) is 0 Å². The van der Waals surface area contributed by atoms with Crippen LogP contribution in [0.4, 0.5) is 0 Å². The van der Waals surface area contributed by atoms with Crippen molar-refractivity contribution >= 4 is 0 Å². The summed E-state index contributed by atoms with van der Waals surface area (Å²) in [6.45, 7) is 12.3. The zero-order chi connectivity index (χ0) is 10.6. The smallest absolute Gasteiger partial charge is 0.0468 e. The minimum atomic E-state index is 0.279. The summed E-state index contributed by atoms with van der Waals surface area (Å²) in [5.41, 5.74) is 0.309. The predicted octanol–water partition coefficient (Wildman–Crippen LogP) is 1.98. The van der Waals surface area contributed by atoms with E-state index in [1.54, 1.807) is 0 Å². The van der Waals surface area contributed by atoms with E-state index in [4.69, 9.17) is 5.11 Å². The van der Waals surface area contributed by atoms with Crippen molar-refractivity contribution in [3.05, 3.63) is 0 Å². The van der Waals surface area contributed by atoms with E-state index in [1.807, 2.05) is 0 Å². The summed E-state index contributed by atoms with van der Waals surface area (Å²) in [7, 11) is 2.13. The largest absolute Gasteiger partial charge is 0.396 e. The topological polar surface area (TPSA) is 23.5 Å². The van der Waals surface area contributed by atoms with Crippen LogP contribution in [0, 0.1) is 11.3 Å². The molecule has 0 aliphatic heterocycles. The summed E-state index contributed by atoms with van der Waals surface area (Å²) >= 11 is 0. The molecule has 2 unspecified atom stereocenters. The lowest BCUT2D eigenvalue weighted by Crippen LogP contribution is -2.41. The highest BCUT2D eigenvalue weighted by molar-refractivity contribution is 4.78. The van der Waals surface area contributed by atoms with Crippen molar-refractivity contribution in [3.63, 3.8) is 0 Å². The Balaban J connectivity index is 4.03. The highest BCUT2D eigenvalue weighted by Crippen LogP contribution is 2.23. The molecule has 2 nitrogen and oxygen atoms in total. The predicted molar refractivity (Wildman–Crippen MR) is 57.8 cm³/mol. The Morgan fingerprint density at radius 1 is 1.23 bits per heavy atom. The third-order valence-corrected chi connectivity index (χ3v) is 2.83. The number of hydrogen-bond donors (Lipinski definition) is 1. The summed E-state index contributed by atoms with van der Waals surface area (Å²) in [4.78, 5) is 2.32. The second-order valence-corrected chi connectivity index (χ2v) is 5.27. The van der Waals surface area contributed by atoms with Crippen molar-refractivity contribution in [3.8, 4) is 0 Å². The van der Waals surface area contributed by atoms with E-state index in [9.17, 15) is 0 Å². The number of rotatable bonds is 4. The highest BCUT2D eigenvalue weighted by Gasteiger charge is 2.24. The SMILES string of the molecule is CC(CO)CN(C)C(C)C(C)(C)C. The van der Waals surface area contributed by atoms with Gasteiger partial charge in [0.15, 0.2) is 0 Å². The van der Waals surface area contributed by atoms with Gasteiger partial charge in [-0.3, -0.25) is 0 Å². The Kier molecular flexibility index (Phi) is 4.93. The first kappa shape index (κ1) is 12.9. The summed E-state index contributed by atoms with van der Waals surface area (Å²) in [5.74, 6) is 0.370. The van der Waals surface area contributed by atoms with E-state index in [2.05, 4.69) is 46.6 Å². The highest BCUT2D eigenvalue weighted by atomic mass is 16.3. The molecule has 0 radical (unpaired) electrons. The Morgan fingerprint density at radius 3 is 2.00 bits per heavy atom. The number of hydrogen-bond acceptors (Lipinski definition) is 2. The Hall–Kier alpha value is -0.0800. The molecule has 0 fully saturated rings. The maximum absolute atomic E-state index is 8.94. The summed E-state index contributed by atoms with van der Waals surface area (Å²) in [6.07, 6.45) is 0. The molecule has 0 aromatic heterocycles. The van der Waals surface area contributed by atoms with Gasteiger partial charge in [-0.25, -0.2) is 0 Å². The van der Waals surface area contributed by atoms with E-state index >= 15 is 0 Å². The molecule has 0 saturated carbocycles. The van der Waals surface area contributed by atoms with Crippen LogP contribution < -0.4 is 0 Å². The molecule has 0 aromatic carbocycles. The van der Waals surface area contributed by atoms with Gasteiger partial charge in [-0.2, -0.15) is 0 Å². The fraction of sp³-hybridized carbons (Fsp3) is 1.00. The third-order valence-electron chi connectivity index (χ3n) is 2.83.